The Balaban J connectivity index is 1.35. The third-order valence-corrected chi connectivity index (χ3v) is 12.0. The molecule has 5 aliphatic rings. The molecule has 2 aliphatic heterocycles. The number of aliphatic hydroxyl groups excluding tert-OH is 1. The van der Waals surface area contributed by atoms with Crippen molar-refractivity contribution in [2.75, 3.05) is 0 Å². The smallest absolute Gasteiger partial charge is 0.153 e. The lowest BCUT2D eigenvalue weighted by atomic mass is 9.40. The Kier molecular flexibility index (Phi) is 4.56. The van der Waals surface area contributed by atoms with E-state index in [-0.39, 0.29) is 16.9 Å². The highest BCUT2D eigenvalue weighted by Crippen LogP contribution is 2.74. The summed E-state index contributed by atoms with van der Waals surface area (Å²) >= 11 is 0. The van der Waals surface area contributed by atoms with Gasteiger partial charge in [0.2, 0.25) is 0 Å². The first-order chi connectivity index (χ1) is 17.4. The van der Waals surface area contributed by atoms with Crippen LogP contribution in [-0.4, -0.2) is 50.8 Å². The predicted molar refractivity (Wildman–Crippen MR) is 145 cm³/mol. The first-order valence-electron chi connectivity index (χ1n) is 14.0. The van der Waals surface area contributed by atoms with Crippen LogP contribution in [0.2, 0.25) is 0 Å². The van der Waals surface area contributed by atoms with Crippen LogP contribution in [0.1, 0.15) is 77.1 Å². The molecular formula is C32H41NO4. The first-order valence-corrected chi connectivity index (χ1v) is 14.0. The summed E-state index contributed by atoms with van der Waals surface area (Å²) in [5.74, 6) is 0.454. The summed E-state index contributed by atoms with van der Waals surface area (Å²) in [7, 11) is 0. The van der Waals surface area contributed by atoms with Crippen molar-refractivity contribution in [2.24, 2.45) is 11.3 Å². The van der Waals surface area contributed by atoms with Crippen LogP contribution in [0.25, 0.3) is 10.9 Å². The van der Waals surface area contributed by atoms with Gasteiger partial charge < -0.3 is 24.7 Å². The van der Waals surface area contributed by atoms with Gasteiger partial charge in [0.25, 0.3) is 0 Å². The molecule has 1 unspecified atom stereocenters. The van der Waals surface area contributed by atoms with Crippen molar-refractivity contribution in [1.29, 1.82) is 0 Å². The molecular weight excluding hydrogens is 462 g/mol. The van der Waals surface area contributed by atoms with Crippen LogP contribution < -0.4 is 0 Å². The van der Waals surface area contributed by atoms with Crippen LogP contribution in [-0.2, 0) is 26.7 Å². The highest BCUT2D eigenvalue weighted by molar-refractivity contribution is 5.87. The number of rotatable bonds is 3. The van der Waals surface area contributed by atoms with Crippen molar-refractivity contribution >= 4 is 10.9 Å². The van der Waals surface area contributed by atoms with Crippen molar-refractivity contribution in [3.8, 4) is 0 Å². The molecule has 3 aliphatic carbocycles. The Bertz CT molecular complexity index is 1360. The number of hydrogen-bond donors (Lipinski definition) is 3. The lowest BCUT2D eigenvalue weighted by molar-refractivity contribution is -0.265. The molecule has 5 heteroatoms. The lowest BCUT2D eigenvalue weighted by Crippen LogP contribution is -2.76. The van der Waals surface area contributed by atoms with Crippen molar-refractivity contribution in [2.45, 2.75) is 113 Å². The number of nitrogens with one attached hydrogen (secondary N) is 1. The van der Waals surface area contributed by atoms with E-state index in [0.29, 0.717) is 12.3 Å². The van der Waals surface area contributed by atoms with Crippen molar-refractivity contribution in [3.05, 3.63) is 59.8 Å². The number of aromatic nitrogens is 1. The minimum absolute atomic E-state index is 0.105. The third-order valence-electron chi connectivity index (χ3n) is 12.0. The van der Waals surface area contributed by atoms with E-state index in [1.165, 1.54) is 27.7 Å². The molecule has 37 heavy (non-hydrogen) atoms. The predicted octanol–water partition coefficient (Wildman–Crippen LogP) is 5.23. The molecule has 3 heterocycles. The second kappa shape index (κ2) is 6.98. The van der Waals surface area contributed by atoms with Gasteiger partial charge in [0, 0.05) is 32.8 Å². The summed E-state index contributed by atoms with van der Waals surface area (Å²) in [6, 6.07) is 6.80. The zero-order valence-electron chi connectivity index (χ0n) is 22.9. The summed E-state index contributed by atoms with van der Waals surface area (Å²) in [5.41, 5.74) is 3.20. The van der Waals surface area contributed by atoms with Crippen molar-refractivity contribution in [3.63, 3.8) is 0 Å². The normalized spacial score (nSPS) is 45.9. The van der Waals surface area contributed by atoms with Crippen LogP contribution in [0.4, 0.5) is 0 Å². The third kappa shape index (κ3) is 2.52. The molecule has 2 saturated carbocycles. The van der Waals surface area contributed by atoms with Gasteiger partial charge in [-0.1, -0.05) is 52.5 Å². The van der Waals surface area contributed by atoms with Gasteiger partial charge in [-0.25, -0.2) is 0 Å². The van der Waals surface area contributed by atoms with E-state index >= 15 is 0 Å². The van der Waals surface area contributed by atoms with E-state index in [0.717, 1.165) is 31.3 Å². The molecule has 198 valence electrons. The molecule has 1 aromatic heterocycles. The Morgan fingerprint density at radius 2 is 1.97 bits per heavy atom. The summed E-state index contributed by atoms with van der Waals surface area (Å²) in [6.45, 7) is 19.0. The summed E-state index contributed by atoms with van der Waals surface area (Å²) in [5, 5.41) is 25.3. The monoisotopic (exact) mass is 503 g/mol. The number of fused-ring (bicyclic) bond motifs is 7. The van der Waals surface area contributed by atoms with Gasteiger partial charge in [0.1, 0.15) is 23.9 Å². The Hall–Kier alpha value is -1.92. The second-order valence-corrected chi connectivity index (χ2v) is 13.8. The number of aliphatic hydroxyl groups is 2. The summed E-state index contributed by atoms with van der Waals surface area (Å²) in [4.78, 5) is 3.88. The van der Waals surface area contributed by atoms with Crippen LogP contribution in [0, 0.1) is 11.3 Å². The molecule has 4 fully saturated rings. The zero-order valence-corrected chi connectivity index (χ0v) is 22.9. The number of aromatic amines is 1. The highest BCUT2D eigenvalue weighted by Gasteiger charge is 2.86. The summed E-state index contributed by atoms with van der Waals surface area (Å²) < 4.78 is 12.9. The highest BCUT2D eigenvalue weighted by atomic mass is 16.7. The van der Waals surface area contributed by atoms with Gasteiger partial charge in [-0.05, 0) is 67.7 Å². The van der Waals surface area contributed by atoms with E-state index < -0.39 is 34.9 Å². The summed E-state index contributed by atoms with van der Waals surface area (Å²) in [6.07, 6.45) is 4.41. The molecule has 3 N–H and O–H groups in total. The largest absolute Gasteiger partial charge is 0.387 e. The average Bonchev–Trinajstić information content (AvgIpc) is 3.44. The van der Waals surface area contributed by atoms with E-state index in [2.05, 4.69) is 64.0 Å². The second-order valence-electron chi connectivity index (χ2n) is 13.8. The molecule has 1 aromatic carbocycles. The van der Waals surface area contributed by atoms with Gasteiger partial charge in [-0.3, -0.25) is 0 Å². The molecule has 5 nitrogen and oxygen atoms in total. The topological polar surface area (TPSA) is 78.0 Å². The Morgan fingerprint density at radius 1 is 1.22 bits per heavy atom. The van der Waals surface area contributed by atoms with Crippen molar-refractivity contribution in [1.82, 2.24) is 4.98 Å². The average molecular weight is 504 g/mol. The SMILES string of the molecule is C=CC(C)(C)c1ccc2c3c([nH]c2c1)[C@@]1(C)[C@@H](CC[C@]2(O)C45O[C@@H]4[C@@H](O)[C@@H](C(=C)C)O[C@H]5CC[C@]12C)C3. The van der Waals surface area contributed by atoms with Gasteiger partial charge >= 0.3 is 0 Å². The van der Waals surface area contributed by atoms with E-state index in [9.17, 15) is 10.2 Å². The Labute approximate surface area is 219 Å². The fourth-order valence-corrected chi connectivity index (χ4v) is 9.37. The number of hydrogen-bond acceptors (Lipinski definition) is 4. The van der Waals surface area contributed by atoms with E-state index in [1.54, 1.807) is 0 Å². The number of allylic oxidation sites excluding steroid dienone is 1. The maximum absolute atomic E-state index is 12.8. The van der Waals surface area contributed by atoms with Crippen molar-refractivity contribution < 1.29 is 19.7 Å². The van der Waals surface area contributed by atoms with Gasteiger partial charge in [-0.2, -0.15) is 0 Å². The minimum Gasteiger partial charge on any atom is -0.387 e. The van der Waals surface area contributed by atoms with Gasteiger partial charge in [0.15, 0.2) is 5.60 Å². The van der Waals surface area contributed by atoms with Crippen LogP contribution in [0.5, 0.6) is 0 Å². The molecule has 7 rings (SSSR count). The van der Waals surface area contributed by atoms with Crippen LogP contribution in [0.3, 0.4) is 0 Å². The number of ether oxygens (including phenoxy) is 2. The molecule has 0 radical (unpaired) electrons. The Morgan fingerprint density at radius 3 is 2.68 bits per heavy atom. The fraction of sp³-hybridized carbons (Fsp3) is 0.625. The number of benzene rings is 1. The van der Waals surface area contributed by atoms with E-state index in [4.69, 9.17) is 9.47 Å². The standard InChI is InChI=1S/C32H41NO4/c1-8-28(4,5)18-9-10-20-21-15-19-11-14-31(35)29(6,30(19,7)26(21)33-22(20)16-18)13-12-23-32(31)27(37-32)24(34)25(36-23)17(2)3/h8-10,16,19,23-25,27,33-35H,1-2,11-15H2,3-7H3/t19-,23-,24-,25+,27+,29+,30+,31+,32?/m0/s1. The zero-order chi connectivity index (χ0) is 26.3. The fourth-order valence-electron chi connectivity index (χ4n) is 9.37. The minimum atomic E-state index is -1.09. The maximum Gasteiger partial charge on any atom is 0.153 e. The van der Waals surface area contributed by atoms with Crippen LogP contribution >= 0.6 is 0 Å². The maximum atomic E-state index is 12.8. The van der Waals surface area contributed by atoms with E-state index in [1.807, 2.05) is 13.0 Å². The first kappa shape index (κ1) is 24.1. The van der Waals surface area contributed by atoms with Crippen LogP contribution in [0.15, 0.2) is 43.0 Å². The molecule has 0 bridgehead atoms. The lowest BCUT2D eigenvalue weighted by Gasteiger charge is -2.66. The van der Waals surface area contributed by atoms with Gasteiger partial charge in [-0.15, -0.1) is 6.58 Å². The molecule has 1 spiro atoms. The quantitative estimate of drug-likeness (QED) is 0.396. The van der Waals surface area contributed by atoms with Gasteiger partial charge in [0.05, 0.1) is 6.10 Å². The molecule has 2 saturated heterocycles. The molecule has 0 amide bonds. The number of H-pyrrole nitrogens is 1. The number of epoxide rings is 1. The molecule has 9 atom stereocenters. The molecule has 2 aromatic rings.